The minimum atomic E-state index is 0.875. The summed E-state index contributed by atoms with van der Waals surface area (Å²) in [6.45, 7) is 3.73. The molecule has 0 amide bonds. The number of aromatic nitrogens is 2. The van der Waals surface area contributed by atoms with Crippen LogP contribution in [0.3, 0.4) is 0 Å². The van der Waals surface area contributed by atoms with Crippen molar-refractivity contribution in [1.29, 1.82) is 0 Å². The van der Waals surface area contributed by atoms with Gasteiger partial charge in [0.2, 0.25) is 5.95 Å². The lowest BCUT2D eigenvalue weighted by Gasteiger charge is -2.37. The maximum Gasteiger partial charge on any atom is 0.209 e. The molecule has 0 radical (unpaired) electrons. The molecule has 4 nitrogen and oxygen atoms in total. The van der Waals surface area contributed by atoms with E-state index in [1.54, 1.807) is 0 Å². The highest BCUT2D eigenvalue weighted by molar-refractivity contribution is 7.09. The average molecular weight is 375 g/mol. The standard InChI is InChI=1S/C22H22N4S/c1-2-7-18(8-3-1)15-25-16-24(13-12-19-9-6-14-27-19)17-26-21-11-5-4-10-20(21)23-22(25)26/h1-11,14H,12-13,15-17H2. The quantitative estimate of drug-likeness (QED) is 0.511. The molecule has 0 saturated heterocycles. The molecule has 0 N–H and O–H groups in total. The summed E-state index contributed by atoms with van der Waals surface area (Å²) in [7, 11) is 0. The predicted octanol–water partition coefficient (Wildman–Crippen LogP) is 4.58. The molecule has 0 bridgehead atoms. The van der Waals surface area contributed by atoms with Crippen LogP contribution >= 0.6 is 11.3 Å². The number of benzene rings is 2. The SMILES string of the molecule is c1ccc(CN2CN(CCc3cccs3)Cn3c2nc2ccccc23)cc1. The molecule has 2 aromatic carbocycles. The van der Waals surface area contributed by atoms with Crippen molar-refractivity contribution in [3.63, 3.8) is 0 Å². The van der Waals surface area contributed by atoms with Crippen LogP contribution in [-0.2, 0) is 19.6 Å². The van der Waals surface area contributed by atoms with E-state index in [2.05, 4.69) is 86.5 Å². The monoisotopic (exact) mass is 374 g/mol. The Morgan fingerprint density at radius 2 is 1.74 bits per heavy atom. The Morgan fingerprint density at radius 3 is 2.59 bits per heavy atom. The molecule has 0 aliphatic carbocycles. The molecule has 5 rings (SSSR count). The van der Waals surface area contributed by atoms with E-state index in [0.29, 0.717) is 0 Å². The first-order chi connectivity index (χ1) is 13.4. The minimum absolute atomic E-state index is 0.875. The highest BCUT2D eigenvalue weighted by Gasteiger charge is 2.25. The molecule has 1 aliphatic heterocycles. The Morgan fingerprint density at radius 1 is 0.889 bits per heavy atom. The van der Waals surface area contributed by atoms with Crippen molar-refractivity contribution in [3.8, 4) is 0 Å². The van der Waals surface area contributed by atoms with Crippen LogP contribution in [0.4, 0.5) is 5.95 Å². The zero-order valence-electron chi connectivity index (χ0n) is 15.2. The van der Waals surface area contributed by atoms with E-state index in [1.165, 1.54) is 16.0 Å². The summed E-state index contributed by atoms with van der Waals surface area (Å²) in [5.74, 6) is 1.08. The maximum absolute atomic E-state index is 4.94. The summed E-state index contributed by atoms with van der Waals surface area (Å²) in [4.78, 5) is 11.3. The zero-order valence-corrected chi connectivity index (χ0v) is 16.0. The molecule has 0 unspecified atom stereocenters. The van der Waals surface area contributed by atoms with Gasteiger partial charge in [0.25, 0.3) is 0 Å². The molecule has 0 atom stereocenters. The number of thiophene rings is 1. The van der Waals surface area contributed by atoms with E-state index in [1.807, 2.05) is 11.3 Å². The number of anilines is 1. The number of hydrogen-bond donors (Lipinski definition) is 0. The van der Waals surface area contributed by atoms with Gasteiger partial charge in [0.05, 0.1) is 24.4 Å². The van der Waals surface area contributed by atoms with Gasteiger partial charge in [0, 0.05) is 18.0 Å². The second kappa shape index (κ2) is 7.18. The van der Waals surface area contributed by atoms with Crippen molar-refractivity contribution < 1.29 is 0 Å². The van der Waals surface area contributed by atoms with Gasteiger partial charge in [-0.1, -0.05) is 48.5 Å². The van der Waals surface area contributed by atoms with Crippen molar-refractivity contribution >= 4 is 28.3 Å². The maximum atomic E-state index is 4.94. The molecular formula is C22H22N4S. The molecule has 3 heterocycles. The van der Waals surface area contributed by atoms with Gasteiger partial charge in [-0.3, -0.25) is 9.47 Å². The largest absolute Gasteiger partial charge is 0.325 e. The molecule has 0 spiro atoms. The van der Waals surface area contributed by atoms with Gasteiger partial charge < -0.3 is 4.90 Å². The lowest BCUT2D eigenvalue weighted by Crippen LogP contribution is -2.45. The van der Waals surface area contributed by atoms with Gasteiger partial charge in [-0.25, -0.2) is 4.98 Å². The lowest BCUT2D eigenvalue weighted by atomic mass is 10.2. The van der Waals surface area contributed by atoms with Crippen LogP contribution in [0.5, 0.6) is 0 Å². The summed E-state index contributed by atoms with van der Waals surface area (Å²) < 4.78 is 2.36. The van der Waals surface area contributed by atoms with Crippen molar-refractivity contribution in [2.24, 2.45) is 0 Å². The van der Waals surface area contributed by atoms with Crippen molar-refractivity contribution in [1.82, 2.24) is 14.5 Å². The molecule has 5 heteroatoms. The van der Waals surface area contributed by atoms with Crippen LogP contribution in [0.15, 0.2) is 72.1 Å². The Balaban J connectivity index is 1.45. The summed E-state index contributed by atoms with van der Waals surface area (Å²) in [6, 6.07) is 23.5. The Kier molecular flexibility index (Phi) is 4.40. The van der Waals surface area contributed by atoms with E-state index in [9.17, 15) is 0 Å². The second-order valence-corrected chi connectivity index (χ2v) is 8.05. The smallest absolute Gasteiger partial charge is 0.209 e. The summed E-state index contributed by atoms with van der Waals surface area (Å²) >= 11 is 1.85. The first kappa shape index (κ1) is 16.5. The predicted molar refractivity (Wildman–Crippen MR) is 112 cm³/mol. The fourth-order valence-corrected chi connectivity index (χ4v) is 4.48. The molecule has 2 aromatic heterocycles. The summed E-state index contributed by atoms with van der Waals surface area (Å²) in [5, 5.41) is 2.16. The highest BCUT2D eigenvalue weighted by atomic mass is 32.1. The van der Waals surface area contributed by atoms with E-state index in [0.717, 1.165) is 44.3 Å². The number of hydrogen-bond acceptors (Lipinski definition) is 4. The van der Waals surface area contributed by atoms with E-state index >= 15 is 0 Å². The summed E-state index contributed by atoms with van der Waals surface area (Å²) in [5.41, 5.74) is 3.60. The number of imidazole rings is 1. The second-order valence-electron chi connectivity index (χ2n) is 7.02. The third kappa shape index (κ3) is 3.36. The van der Waals surface area contributed by atoms with Crippen LogP contribution in [0.2, 0.25) is 0 Å². The Hall–Kier alpha value is -2.63. The van der Waals surface area contributed by atoms with Gasteiger partial charge in [0.1, 0.15) is 0 Å². The van der Waals surface area contributed by atoms with Crippen LogP contribution in [-0.4, -0.2) is 27.7 Å². The van der Waals surface area contributed by atoms with E-state index in [-0.39, 0.29) is 0 Å². The topological polar surface area (TPSA) is 24.3 Å². The molecule has 0 fully saturated rings. The van der Waals surface area contributed by atoms with Gasteiger partial charge in [-0.05, 0) is 35.6 Å². The molecule has 136 valence electrons. The fourth-order valence-electron chi connectivity index (χ4n) is 3.78. The number of rotatable bonds is 5. The van der Waals surface area contributed by atoms with Gasteiger partial charge >= 0.3 is 0 Å². The van der Waals surface area contributed by atoms with Gasteiger partial charge in [-0.15, -0.1) is 11.3 Å². The minimum Gasteiger partial charge on any atom is -0.325 e. The average Bonchev–Trinajstić information content (AvgIpc) is 3.35. The number of nitrogens with zero attached hydrogens (tertiary/aromatic N) is 4. The first-order valence-corrected chi connectivity index (χ1v) is 10.2. The summed E-state index contributed by atoms with van der Waals surface area (Å²) in [6.07, 6.45) is 1.10. The number of fused-ring (bicyclic) bond motifs is 3. The Bertz CT molecular complexity index is 1020. The third-order valence-corrected chi connectivity index (χ3v) is 6.04. The van der Waals surface area contributed by atoms with Gasteiger partial charge in [-0.2, -0.15) is 0 Å². The zero-order chi connectivity index (χ0) is 18.1. The lowest BCUT2D eigenvalue weighted by molar-refractivity contribution is 0.200. The first-order valence-electron chi connectivity index (χ1n) is 9.36. The highest BCUT2D eigenvalue weighted by Crippen LogP contribution is 2.28. The van der Waals surface area contributed by atoms with E-state index < -0.39 is 0 Å². The van der Waals surface area contributed by atoms with Crippen molar-refractivity contribution in [2.75, 3.05) is 18.1 Å². The normalized spacial score (nSPS) is 14.6. The van der Waals surface area contributed by atoms with Crippen LogP contribution in [0.1, 0.15) is 10.4 Å². The Labute approximate surface area is 163 Å². The van der Waals surface area contributed by atoms with Gasteiger partial charge in [0.15, 0.2) is 0 Å². The molecule has 4 aromatic rings. The molecule has 1 aliphatic rings. The van der Waals surface area contributed by atoms with Crippen LogP contribution in [0.25, 0.3) is 11.0 Å². The molecule has 27 heavy (non-hydrogen) atoms. The van der Waals surface area contributed by atoms with E-state index in [4.69, 9.17) is 4.98 Å². The fraction of sp³-hybridized carbons (Fsp3) is 0.227. The molecular weight excluding hydrogens is 352 g/mol. The van der Waals surface area contributed by atoms with Crippen LogP contribution < -0.4 is 4.90 Å². The van der Waals surface area contributed by atoms with Crippen molar-refractivity contribution in [2.45, 2.75) is 19.6 Å². The van der Waals surface area contributed by atoms with Crippen molar-refractivity contribution in [3.05, 3.63) is 82.6 Å². The van der Waals surface area contributed by atoms with Crippen LogP contribution in [0, 0.1) is 0 Å². The third-order valence-electron chi connectivity index (χ3n) is 5.10. The number of para-hydroxylation sites is 2. The molecule has 0 saturated carbocycles.